The zero-order valence-corrected chi connectivity index (χ0v) is 35.0. The van der Waals surface area contributed by atoms with Gasteiger partial charge in [-0.05, 0) is 95.0 Å². The smallest absolute Gasteiger partial charge is 0.306 e. The second-order valence-electron chi connectivity index (χ2n) is 15.6. The first-order valence-electron chi connectivity index (χ1n) is 22.7. The van der Waals surface area contributed by atoms with Crippen molar-refractivity contribution in [2.45, 2.75) is 233 Å². The zero-order valence-electron chi connectivity index (χ0n) is 35.0. The van der Waals surface area contributed by atoms with Crippen LogP contribution in [0.4, 0.5) is 0 Å². The van der Waals surface area contributed by atoms with E-state index < -0.39 is 0 Å². The Morgan fingerprint density at radius 3 is 1.44 bits per heavy atom. The van der Waals surface area contributed by atoms with E-state index in [1.165, 1.54) is 140 Å². The molecular weight excluding hydrogens is 643 g/mol. The summed E-state index contributed by atoms with van der Waals surface area (Å²) in [4.78, 5) is 27.5. The summed E-state index contributed by atoms with van der Waals surface area (Å²) in [5, 5.41) is 0. The summed E-state index contributed by atoms with van der Waals surface area (Å²) in [7, 11) is 0. The Morgan fingerprint density at radius 1 is 0.500 bits per heavy atom. The molecule has 1 aromatic rings. The van der Waals surface area contributed by atoms with Gasteiger partial charge in [-0.15, -0.1) is 0 Å². The fourth-order valence-corrected chi connectivity index (χ4v) is 7.13. The molecule has 1 aromatic carbocycles. The Hall–Kier alpha value is -1.88. The van der Waals surface area contributed by atoms with Crippen LogP contribution in [0.2, 0.25) is 0 Å². The van der Waals surface area contributed by atoms with Crippen molar-refractivity contribution >= 4 is 11.9 Å². The van der Waals surface area contributed by atoms with Crippen LogP contribution in [0, 0.1) is 0 Å². The summed E-state index contributed by atoms with van der Waals surface area (Å²) in [6, 6.07) is 8.56. The van der Waals surface area contributed by atoms with E-state index in [4.69, 9.17) is 9.47 Å². The molecule has 0 heterocycles. The second-order valence-corrected chi connectivity index (χ2v) is 15.6. The normalized spacial score (nSPS) is 11.5. The number of hydrogen-bond acceptors (Lipinski definition) is 5. The van der Waals surface area contributed by atoms with Gasteiger partial charge in [0, 0.05) is 12.8 Å². The number of benzene rings is 1. The van der Waals surface area contributed by atoms with Crippen molar-refractivity contribution in [3.63, 3.8) is 0 Å². The van der Waals surface area contributed by atoms with Crippen molar-refractivity contribution in [2.75, 3.05) is 19.6 Å². The number of unbranched alkanes of at least 4 members (excludes halogenated alkanes) is 20. The van der Waals surface area contributed by atoms with Gasteiger partial charge in [-0.25, -0.2) is 0 Å². The molecule has 5 heteroatoms. The van der Waals surface area contributed by atoms with E-state index in [2.05, 4.69) is 56.9 Å². The number of nitrogens with zero attached hydrogens (tertiary/aromatic N) is 1. The minimum absolute atomic E-state index is 0.0324. The molecule has 0 aliphatic rings. The highest BCUT2D eigenvalue weighted by atomic mass is 16.5. The first-order valence-corrected chi connectivity index (χ1v) is 22.7. The highest BCUT2D eigenvalue weighted by Crippen LogP contribution is 2.19. The third-order valence-corrected chi connectivity index (χ3v) is 10.7. The van der Waals surface area contributed by atoms with E-state index in [1.807, 2.05) is 0 Å². The molecule has 0 aliphatic carbocycles. The zero-order chi connectivity index (χ0) is 37.7. The molecule has 0 unspecified atom stereocenters. The Kier molecular flexibility index (Phi) is 33.4. The molecule has 302 valence electrons. The molecule has 0 spiro atoms. The SMILES string of the molecule is CCCCCCCCC(CCCCCCCC)OC(=O)CCCCCCCN(CC)CCCCCCC(=O)OCc1ccc(CCCCCC)cc1. The average Bonchev–Trinajstić information content (AvgIpc) is 3.15. The lowest BCUT2D eigenvalue weighted by molar-refractivity contribution is -0.150. The van der Waals surface area contributed by atoms with E-state index >= 15 is 0 Å². The van der Waals surface area contributed by atoms with Crippen LogP contribution in [0.1, 0.15) is 225 Å². The largest absolute Gasteiger partial charge is 0.462 e. The van der Waals surface area contributed by atoms with Gasteiger partial charge in [0.05, 0.1) is 0 Å². The van der Waals surface area contributed by atoms with Crippen molar-refractivity contribution in [2.24, 2.45) is 0 Å². The van der Waals surface area contributed by atoms with Crippen LogP contribution in [0.3, 0.4) is 0 Å². The van der Waals surface area contributed by atoms with Crippen LogP contribution in [-0.4, -0.2) is 42.6 Å². The molecule has 1 rings (SSSR count). The Bertz CT molecular complexity index is 916. The maximum atomic E-state index is 12.7. The van der Waals surface area contributed by atoms with Gasteiger partial charge in [0.2, 0.25) is 0 Å². The molecule has 0 saturated heterocycles. The molecule has 0 aromatic heterocycles. The first-order chi connectivity index (χ1) is 25.5. The van der Waals surface area contributed by atoms with Crippen molar-refractivity contribution < 1.29 is 19.1 Å². The van der Waals surface area contributed by atoms with Gasteiger partial charge in [0.15, 0.2) is 0 Å². The molecule has 0 N–H and O–H groups in total. The van der Waals surface area contributed by atoms with E-state index in [9.17, 15) is 9.59 Å². The van der Waals surface area contributed by atoms with Gasteiger partial charge in [0.25, 0.3) is 0 Å². The first kappa shape index (κ1) is 48.1. The molecule has 0 amide bonds. The number of esters is 2. The Morgan fingerprint density at radius 2 is 0.923 bits per heavy atom. The topological polar surface area (TPSA) is 55.8 Å². The van der Waals surface area contributed by atoms with E-state index in [1.54, 1.807) is 0 Å². The quantitative estimate of drug-likeness (QED) is 0.0501. The van der Waals surface area contributed by atoms with E-state index in [0.717, 1.165) is 70.1 Å². The number of hydrogen-bond donors (Lipinski definition) is 0. The van der Waals surface area contributed by atoms with Crippen LogP contribution in [0.5, 0.6) is 0 Å². The second kappa shape index (κ2) is 36.1. The van der Waals surface area contributed by atoms with Crippen LogP contribution < -0.4 is 0 Å². The number of carbonyl (C=O) groups is 2. The lowest BCUT2D eigenvalue weighted by Gasteiger charge is -2.20. The van der Waals surface area contributed by atoms with Gasteiger partial charge in [0.1, 0.15) is 12.7 Å². The van der Waals surface area contributed by atoms with Crippen molar-refractivity contribution in [3.05, 3.63) is 35.4 Å². The maximum Gasteiger partial charge on any atom is 0.306 e. The Balaban J connectivity index is 2.09. The number of carbonyl (C=O) groups excluding carboxylic acids is 2. The Labute approximate surface area is 323 Å². The molecule has 52 heavy (non-hydrogen) atoms. The molecule has 0 fully saturated rings. The molecular formula is C47H85NO4. The van der Waals surface area contributed by atoms with Crippen LogP contribution in [0.25, 0.3) is 0 Å². The van der Waals surface area contributed by atoms with Crippen molar-refractivity contribution in [1.29, 1.82) is 0 Å². The summed E-state index contributed by atoms with van der Waals surface area (Å²) < 4.78 is 11.6. The monoisotopic (exact) mass is 728 g/mol. The van der Waals surface area contributed by atoms with Gasteiger partial charge < -0.3 is 14.4 Å². The average molecular weight is 728 g/mol. The summed E-state index contributed by atoms with van der Waals surface area (Å²) >= 11 is 0. The van der Waals surface area contributed by atoms with Gasteiger partial charge >= 0.3 is 11.9 Å². The predicted molar refractivity (Wildman–Crippen MR) is 223 cm³/mol. The molecule has 5 nitrogen and oxygen atoms in total. The third-order valence-electron chi connectivity index (χ3n) is 10.7. The molecule has 0 saturated carbocycles. The van der Waals surface area contributed by atoms with Gasteiger partial charge in [-0.3, -0.25) is 9.59 Å². The summed E-state index contributed by atoms with van der Waals surface area (Å²) in [5.74, 6) is -0.0446. The number of aryl methyl sites for hydroxylation is 1. The maximum absolute atomic E-state index is 12.7. The predicted octanol–water partition coefficient (Wildman–Crippen LogP) is 13.9. The lowest BCUT2D eigenvalue weighted by Crippen LogP contribution is -2.25. The van der Waals surface area contributed by atoms with Gasteiger partial charge in [-0.2, -0.15) is 0 Å². The minimum atomic E-state index is -0.0769. The van der Waals surface area contributed by atoms with Crippen molar-refractivity contribution in [1.82, 2.24) is 4.90 Å². The molecule has 0 bridgehead atoms. The van der Waals surface area contributed by atoms with Gasteiger partial charge in [-0.1, -0.05) is 168 Å². The standard InChI is InChI=1S/C47H85NO4/c1-5-9-12-15-18-25-32-45(33-26-19-16-13-10-6-2)52-47(50)35-28-20-17-22-29-40-48(8-4)41-30-23-21-27-34-46(49)51-42-44-38-36-43(37-39-44)31-24-14-11-7-3/h36-39,45H,5-35,40-42H2,1-4H3. The van der Waals surface area contributed by atoms with Crippen LogP contribution >= 0.6 is 0 Å². The summed E-state index contributed by atoms with van der Waals surface area (Å²) in [6.45, 7) is 12.8. The number of ether oxygens (including phenoxy) is 2. The molecule has 0 aliphatic heterocycles. The molecule has 0 radical (unpaired) electrons. The minimum Gasteiger partial charge on any atom is -0.462 e. The molecule has 0 atom stereocenters. The third kappa shape index (κ3) is 29.6. The van der Waals surface area contributed by atoms with E-state index in [0.29, 0.717) is 19.4 Å². The number of rotatable bonds is 38. The highest BCUT2D eigenvalue weighted by Gasteiger charge is 2.14. The highest BCUT2D eigenvalue weighted by molar-refractivity contribution is 5.69. The van der Waals surface area contributed by atoms with E-state index in [-0.39, 0.29) is 18.0 Å². The fourth-order valence-electron chi connectivity index (χ4n) is 7.13. The summed E-state index contributed by atoms with van der Waals surface area (Å²) in [5.41, 5.74) is 2.45. The van der Waals surface area contributed by atoms with Crippen molar-refractivity contribution in [3.8, 4) is 0 Å². The van der Waals surface area contributed by atoms with Crippen LogP contribution in [0.15, 0.2) is 24.3 Å². The lowest BCUT2D eigenvalue weighted by atomic mass is 10.0. The van der Waals surface area contributed by atoms with Crippen LogP contribution in [-0.2, 0) is 32.1 Å². The summed E-state index contributed by atoms with van der Waals surface area (Å²) in [6.07, 6.45) is 35.2. The fraction of sp³-hybridized carbons (Fsp3) is 0.830.